The summed E-state index contributed by atoms with van der Waals surface area (Å²) in [6.07, 6.45) is 0.0777. The highest BCUT2D eigenvalue weighted by Gasteiger charge is 2.48. The van der Waals surface area contributed by atoms with Crippen molar-refractivity contribution in [3.05, 3.63) is 39.4 Å². The first-order valence-electron chi connectivity index (χ1n) is 8.67. The van der Waals surface area contributed by atoms with Crippen LogP contribution in [0.4, 0.5) is 10.5 Å². The minimum atomic E-state index is -3.81. The number of nitrogens with one attached hydrogen (secondary N) is 1. The van der Waals surface area contributed by atoms with Gasteiger partial charge in [-0.1, -0.05) is 6.07 Å². The Balaban J connectivity index is 2.05. The second-order valence-corrected chi connectivity index (χ2v) is 9.92. The Morgan fingerprint density at radius 1 is 1.39 bits per heavy atom. The van der Waals surface area contributed by atoms with E-state index in [2.05, 4.69) is 10.3 Å². The van der Waals surface area contributed by atoms with Crippen LogP contribution < -0.4 is 5.32 Å². The van der Waals surface area contributed by atoms with Gasteiger partial charge in [0.15, 0.2) is 0 Å². The number of aryl methyl sites for hydroxylation is 1. The van der Waals surface area contributed by atoms with Gasteiger partial charge in [0.05, 0.1) is 10.7 Å². The largest absolute Gasteiger partial charge is 0.444 e. The quantitative estimate of drug-likeness (QED) is 0.555. The number of sulfonamides is 1. The molecule has 0 bridgehead atoms. The van der Waals surface area contributed by atoms with Crippen LogP contribution in [0.5, 0.6) is 0 Å². The minimum Gasteiger partial charge on any atom is -0.444 e. The molecule has 0 saturated heterocycles. The zero-order valence-corrected chi connectivity index (χ0v) is 16.9. The lowest BCUT2D eigenvalue weighted by atomic mass is 9.94. The highest BCUT2D eigenvalue weighted by molar-refractivity contribution is 7.89. The maximum absolute atomic E-state index is 12.8. The van der Waals surface area contributed by atoms with Crippen LogP contribution in [-0.2, 0) is 26.7 Å². The summed E-state index contributed by atoms with van der Waals surface area (Å²) >= 11 is 0. The number of amides is 1. The predicted molar refractivity (Wildman–Crippen MR) is 101 cm³/mol. The molecule has 3 rings (SSSR count). The topological polar surface area (TPSA) is 131 Å². The summed E-state index contributed by atoms with van der Waals surface area (Å²) in [6.45, 7) is 5.05. The lowest BCUT2D eigenvalue weighted by molar-refractivity contribution is -0.385. The second-order valence-electron chi connectivity index (χ2n) is 7.92. The third-order valence-corrected chi connectivity index (χ3v) is 6.53. The van der Waals surface area contributed by atoms with E-state index in [4.69, 9.17) is 4.74 Å². The molecule has 0 fully saturated rings. The Morgan fingerprint density at radius 2 is 2.07 bits per heavy atom. The molecule has 1 heterocycles. The molecule has 1 aromatic carbocycles. The summed E-state index contributed by atoms with van der Waals surface area (Å²) in [4.78, 5) is 27.3. The van der Waals surface area contributed by atoms with Crippen molar-refractivity contribution in [2.24, 2.45) is 4.99 Å². The van der Waals surface area contributed by atoms with Crippen LogP contribution in [0.1, 0.15) is 38.3 Å². The van der Waals surface area contributed by atoms with Gasteiger partial charge in [0, 0.05) is 19.2 Å². The smallest absolute Gasteiger partial charge is 0.414 e. The monoisotopic (exact) mass is 410 g/mol. The van der Waals surface area contributed by atoms with Gasteiger partial charge in [0.1, 0.15) is 11.1 Å². The number of alkyl carbamates (subject to hydrolysis) is 1. The molecular formula is C17H22N4O6S. The number of benzene rings is 1. The third-order valence-electron chi connectivity index (χ3n) is 4.68. The van der Waals surface area contributed by atoms with Crippen molar-refractivity contribution in [1.29, 1.82) is 0 Å². The molecule has 1 N–H and O–H groups in total. The Labute approximate surface area is 162 Å². The first-order valence-corrected chi connectivity index (χ1v) is 10.3. The van der Waals surface area contributed by atoms with Gasteiger partial charge >= 0.3 is 6.09 Å². The third kappa shape index (κ3) is 3.66. The van der Waals surface area contributed by atoms with Gasteiger partial charge in [-0.3, -0.25) is 15.4 Å². The van der Waals surface area contributed by atoms with Crippen LogP contribution in [0.25, 0.3) is 0 Å². The summed E-state index contributed by atoms with van der Waals surface area (Å²) in [6, 6.07) is 4.40. The molecule has 0 saturated carbocycles. The molecule has 10 nitrogen and oxygen atoms in total. The summed E-state index contributed by atoms with van der Waals surface area (Å²) in [7, 11) is -2.51. The molecule has 1 spiro atoms. The van der Waals surface area contributed by atoms with Crippen molar-refractivity contribution in [1.82, 2.24) is 9.62 Å². The van der Waals surface area contributed by atoms with Crippen molar-refractivity contribution >= 4 is 27.8 Å². The highest BCUT2D eigenvalue weighted by atomic mass is 32.2. The molecule has 1 amide bonds. The van der Waals surface area contributed by atoms with Gasteiger partial charge in [0.2, 0.25) is 16.0 Å². The normalized spacial score (nSPS) is 23.1. The van der Waals surface area contributed by atoms with E-state index >= 15 is 0 Å². The van der Waals surface area contributed by atoms with Crippen LogP contribution in [0.3, 0.4) is 0 Å². The fourth-order valence-corrected chi connectivity index (χ4v) is 4.92. The number of non-ortho nitro benzene ring substituents is 1. The molecule has 152 valence electrons. The van der Waals surface area contributed by atoms with Gasteiger partial charge < -0.3 is 4.74 Å². The Hall–Kier alpha value is -2.69. The zero-order chi connectivity index (χ0) is 20.9. The molecule has 28 heavy (non-hydrogen) atoms. The number of ether oxygens (including phenoxy) is 1. The van der Waals surface area contributed by atoms with Crippen molar-refractivity contribution in [2.75, 3.05) is 12.8 Å². The van der Waals surface area contributed by atoms with Gasteiger partial charge in [-0.05, 0) is 44.7 Å². The number of carbonyl (C=O) groups is 1. The van der Waals surface area contributed by atoms with Gasteiger partial charge in [-0.25, -0.2) is 22.5 Å². The van der Waals surface area contributed by atoms with E-state index in [1.54, 1.807) is 26.8 Å². The maximum Gasteiger partial charge on any atom is 0.414 e. The maximum atomic E-state index is 12.8. The lowest BCUT2D eigenvalue weighted by Gasteiger charge is -2.36. The van der Waals surface area contributed by atoms with Crippen molar-refractivity contribution in [3.63, 3.8) is 0 Å². The van der Waals surface area contributed by atoms with E-state index in [0.717, 1.165) is 9.87 Å². The molecule has 2 aliphatic rings. The van der Waals surface area contributed by atoms with E-state index in [1.165, 1.54) is 19.2 Å². The molecular weight excluding hydrogens is 388 g/mol. The molecule has 0 unspecified atom stereocenters. The van der Waals surface area contributed by atoms with E-state index in [1.807, 2.05) is 0 Å². The van der Waals surface area contributed by atoms with Crippen LogP contribution in [0, 0.1) is 10.1 Å². The molecule has 11 heteroatoms. The molecule has 1 atom stereocenters. The van der Waals surface area contributed by atoms with E-state index < -0.39 is 32.2 Å². The van der Waals surface area contributed by atoms with Crippen LogP contribution in [0.15, 0.2) is 23.2 Å². The number of nitro groups is 1. The molecule has 0 radical (unpaired) electrons. The van der Waals surface area contributed by atoms with E-state index in [-0.39, 0.29) is 17.4 Å². The molecule has 0 aromatic heterocycles. The lowest BCUT2D eigenvalue weighted by Crippen LogP contribution is -2.54. The van der Waals surface area contributed by atoms with Crippen molar-refractivity contribution < 1.29 is 22.9 Å². The first-order chi connectivity index (χ1) is 12.8. The van der Waals surface area contributed by atoms with Gasteiger partial charge in [0.25, 0.3) is 5.69 Å². The average molecular weight is 410 g/mol. The van der Waals surface area contributed by atoms with Crippen LogP contribution in [-0.4, -0.2) is 48.1 Å². The summed E-state index contributed by atoms with van der Waals surface area (Å²) in [5, 5.41) is 13.6. The number of nitrogens with zero attached hydrogens (tertiary/aromatic N) is 3. The Bertz CT molecular complexity index is 982. The number of guanidine groups is 1. The van der Waals surface area contributed by atoms with Gasteiger partial charge in [-0.15, -0.1) is 0 Å². The molecule has 1 aromatic rings. The predicted octanol–water partition coefficient (Wildman–Crippen LogP) is 1.89. The first kappa shape index (κ1) is 20.1. The number of rotatable bonds is 1. The number of hydrogen-bond acceptors (Lipinski definition) is 7. The summed E-state index contributed by atoms with van der Waals surface area (Å²) in [5.74, 6) is -0.496. The number of carbonyl (C=O) groups excluding carboxylic acids is 1. The molecule has 1 aliphatic heterocycles. The van der Waals surface area contributed by atoms with E-state index in [9.17, 15) is 23.3 Å². The average Bonchev–Trinajstić information content (AvgIpc) is 2.87. The van der Waals surface area contributed by atoms with Crippen LogP contribution in [0.2, 0.25) is 0 Å². The number of nitro benzene ring substituents is 1. The van der Waals surface area contributed by atoms with Crippen LogP contribution >= 0.6 is 0 Å². The standard InChI is InChI=1S/C17H22N4O6S/c1-16(2,3)27-15(22)18-14-19-17(10-28(25,26)20(14)4)8-7-11-5-6-12(21(23)24)9-13(11)17/h5-6,9H,7-8,10H2,1-4H3,(H,18,19,22)/t17-/m0/s1. The number of aliphatic imine (C=N–C) groups is 1. The van der Waals surface area contributed by atoms with Crippen molar-refractivity contribution in [2.45, 2.75) is 44.8 Å². The molecule has 1 aliphatic carbocycles. The second kappa shape index (κ2) is 6.43. The zero-order valence-electron chi connectivity index (χ0n) is 16.1. The number of hydrogen-bond donors (Lipinski definition) is 1. The van der Waals surface area contributed by atoms with E-state index in [0.29, 0.717) is 18.4 Å². The van der Waals surface area contributed by atoms with Gasteiger partial charge in [-0.2, -0.15) is 0 Å². The number of fused-ring (bicyclic) bond motifs is 2. The minimum absolute atomic E-state index is 0.131. The Kier molecular flexibility index (Phi) is 4.61. The Morgan fingerprint density at radius 3 is 2.68 bits per heavy atom. The fourth-order valence-electron chi connectivity index (χ4n) is 3.41. The highest BCUT2D eigenvalue weighted by Crippen LogP contribution is 2.44. The summed E-state index contributed by atoms with van der Waals surface area (Å²) < 4.78 is 31.6. The fraction of sp³-hybridized carbons (Fsp3) is 0.529. The summed E-state index contributed by atoms with van der Waals surface area (Å²) in [5.41, 5.74) is -0.771. The SMILES string of the molecule is CN1C(NC(=O)OC(C)(C)C)=N[C@@]2(CCc3ccc([N+](=O)[O-])cc32)CS1(=O)=O. The van der Waals surface area contributed by atoms with Crippen molar-refractivity contribution in [3.8, 4) is 0 Å².